The van der Waals surface area contributed by atoms with E-state index >= 15 is 0 Å². The number of likely N-dealkylation sites (tertiary alicyclic amines) is 1. The smallest absolute Gasteiger partial charge is 0.241 e. The van der Waals surface area contributed by atoms with E-state index in [9.17, 15) is 4.79 Å². The van der Waals surface area contributed by atoms with Crippen LogP contribution < -0.4 is 5.32 Å². The molecule has 1 amide bonds. The Labute approximate surface area is 183 Å². The summed E-state index contributed by atoms with van der Waals surface area (Å²) in [6, 6.07) is 14.3. The Balaban J connectivity index is 1.31. The van der Waals surface area contributed by atoms with E-state index in [4.69, 9.17) is 4.52 Å². The second-order valence-electron chi connectivity index (χ2n) is 8.38. The van der Waals surface area contributed by atoms with Gasteiger partial charge in [0.1, 0.15) is 0 Å². The highest BCUT2D eigenvalue weighted by atomic mass is 16.5. The number of amides is 1. The molecule has 2 aromatic carbocycles. The minimum absolute atomic E-state index is 0.0337. The number of carbonyl (C=O) groups excluding carboxylic acids is 1. The number of benzene rings is 2. The zero-order valence-electron chi connectivity index (χ0n) is 18.5. The van der Waals surface area contributed by atoms with Crippen LogP contribution in [0.3, 0.4) is 0 Å². The van der Waals surface area contributed by atoms with E-state index in [-0.39, 0.29) is 11.8 Å². The van der Waals surface area contributed by atoms with Gasteiger partial charge >= 0.3 is 0 Å². The maximum Gasteiger partial charge on any atom is 0.241 e. The molecule has 31 heavy (non-hydrogen) atoms. The van der Waals surface area contributed by atoms with E-state index in [2.05, 4.69) is 40.3 Å². The number of hydrogen-bond donors (Lipinski definition) is 1. The first-order valence-corrected chi connectivity index (χ1v) is 11.0. The van der Waals surface area contributed by atoms with Crippen molar-refractivity contribution in [1.82, 2.24) is 15.0 Å². The van der Waals surface area contributed by atoms with E-state index in [0.29, 0.717) is 18.3 Å². The van der Waals surface area contributed by atoms with Crippen LogP contribution in [0, 0.1) is 19.8 Å². The van der Waals surface area contributed by atoms with E-state index in [1.807, 2.05) is 43.3 Å². The fourth-order valence-corrected chi connectivity index (χ4v) is 4.11. The zero-order chi connectivity index (χ0) is 21.8. The minimum atomic E-state index is 0.0337. The largest absolute Gasteiger partial charge is 0.338 e. The molecule has 0 saturated carbocycles. The number of hydrogen-bond acceptors (Lipinski definition) is 5. The van der Waals surface area contributed by atoms with E-state index < -0.39 is 0 Å². The first-order chi connectivity index (χ1) is 15.0. The summed E-state index contributed by atoms with van der Waals surface area (Å²) >= 11 is 0. The maximum atomic E-state index is 12.9. The number of anilines is 1. The van der Waals surface area contributed by atoms with Crippen molar-refractivity contribution in [2.75, 3.05) is 18.4 Å². The van der Waals surface area contributed by atoms with Crippen molar-refractivity contribution in [2.24, 2.45) is 5.92 Å². The summed E-state index contributed by atoms with van der Waals surface area (Å²) in [5.74, 6) is 1.40. The monoisotopic (exact) mass is 418 g/mol. The van der Waals surface area contributed by atoms with Crippen molar-refractivity contribution in [3.05, 3.63) is 65.0 Å². The lowest BCUT2D eigenvalue weighted by atomic mass is 9.95. The Morgan fingerprint density at radius 3 is 2.58 bits per heavy atom. The summed E-state index contributed by atoms with van der Waals surface area (Å²) in [5.41, 5.74) is 5.44. The lowest BCUT2D eigenvalue weighted by Gasteiger charge is -2.30. The first kappa shape index (κ1) is 21.2. The summed E-state index contributed by atoms with van der Waals surface area (Å²) in [6.45, 7) is 8.52. The standard InChI is InChI=1S/C25H30N4O2/c1-4-19-7-5-6-18(3)23(19)27-25(30)21-12-14-29(15-13-21)16-22-26-24(28-31-22)20-10-8-17(2)9-11-20/h5-11,21H,4,12-16H2,1-3H3,(H,27,30). The third-order valence-corrected chi connectivity index (χ3v) is 6.08. The predicted molar refractivity (Wildman–Crippen MR) is 122 cm³/mol. The van der Waals surface area contributed by atoms with Crippen LogP contribution in [0.25, 0.3) is 11.4 Å². The molecule has 1 saturated heterocycles. The molecule has 0 bridgehead atoms. The van der Waals surface area contributed by atoms with Crippen LogP contribution in [-0.4, -0.2) is 34.0 Å². The van der Waals surface area contributed by atoms with Gasteiger partial charge in [0.2, 0.25) is 17.6 Å². The summed E-state index contributed by atoms with van der Waals surface area (Å²) < 4.78 is 5.46. The Kier molecular flexibility index (Phi) is 6.47. The van der Waals surface area contributed by atoms with Crippen LogP contribution in [0.5, 0.6) is 0 Å². The molecule has 6 nitrogen and oxygen atoms in total. The van der Waals surface area contributed by atoms with Crippen LogP contribution in [0.15, 0.2) is 47.0 Å². The van der Waals surface area contributed by atoms with Crippen LogP contribution in [0.2, 0.25) is 0 Å². The van der Waals surface area contributed by atoms with Gasteiger partial charge in [-0.1, -0.05) is 60.1 Å². The van der Waals surface area contributed by atoms with Crippen LogP contribution in [-0.2, 0) is 17.8 Å². The van der Waals surface area contributed by atoms with Crippen molar-refractivity contribution in [3.8, 4) is 11.4 Å². The number of aryl methyl sites for hydroxylation is 3. The second-order valence-corrected chi connectivity index (χ2v) is 8.38. The number of piperidine rings is 1. The molecule has 1 aromatic heterocycles. The van der Waals surface area contributed by atoms with Crippen LogP contribution in [0.4, 0.5) is 5.69 Å². The summed E-state index contributed by atoms with van der Waals surface area (Å²) in [5, 5.41) is 7.31. The lowest BCUT2D eigenvalue weighted by molar-refractivity contribution is -0.121. The SMILES string of the molecule is CCc1cccc(C)c1NC(=O)C1CCN(Cc2nc(-c3ccc(C)cc3)no2)CC1. The molecule has 0 aliphatic carbocycles. The average molecular weight is 419 g/mol. The van der Waals surface area contributed by atoms with Gasteiger partial charge in [-0.05, 0) is 57.3 Å². The summed E-state index contributed by atoms with van der Waals surface area (Å²) in [6.07, 6.45) is 2.57. The highest BCUT2D eigenvalue weighted by molar-refractivity contribution is 5.94. The van der Waals surface area contributed by atoms with E-state index in [1.165, 1.54) is 11.1 Å². The Morgan fingerprint density at radius 1 is 1.13 bits per heavy atom. The maximum absolute atomic E-state index is 12.9. The lowest BCUT2D eigenvalue weighted by Crippen LogP contribution is -2.38. The normalized spacial score (nSPS) is 15.2. The molecule has 0 spiro atoms. The number of nitrogens with zero attached hydrogens (tertiary/aromatic N) is 3. The molecule has 0 radical (unpaired) electrons. The number of aromatic nitrogens is 2. The number of para-hydroxylation sites is 1. The Bertz CT molecular complexity index is 1030. The molecule has 1 aliphatic heterocycles. The molecular formula is C25H30N4O2. The molecule has 162 valence electrons. The number of carbonyl (C=O) groups is 1. The van der Waals surface area contributed by atoms with Gasteiger partial charge in [0.15, 0.2) is 0 Å². The zero-order valence-corrected chi connectivity index (χ0v) is 18.5. The van der Waals surface area contributed by atoms with Gasteiger partial charge in [0.05, 0.1) is 6.54 Å². The third-order valence-electron chi connectivity index (χ3n) is 6.08. The molecule has 4 rings (SSSR count). The van der Waals surface area contributed by atoms with E-state index in [1.54, 1.807) is 0 Å². The van der Waals surface area contributed by atoms with Crippen molar-refractivity contribution in [1.29, 1.82) is 0 Å². The van der Waals surface area contributed by atoms with Gasteiger partial charge in [-0.2, -0.15) is 4.98 Å². The molecular weight excluding hydrogens is 388 g/mol. The Hall–Kier alpha value is -2.99. The molecule has 6 heteroatoms. The minimum Gasteiger partial charge on any atom is -0.338 e. The average Bonchev–Trinajstić information content (AvgIpc) is 3.24. The second kappa shape index (κ2) is 9.43. The van der Waals surface area contributed by atoms with Gasteiger partial charge < -0.3 is 9.84 Å². The molecule has 0 atom stereocenters. The van der Waals surface area contributed by atoms with Crippen molar-refractivity contribution in [2.45, 2.75) is 46.6 Å². The van der Waals surface area contributed by atoms with Gasteiger partial charge in [-0.3, -0.25) is 9.69 Å². The molecule has 1 aliphatic rings. The predicted octanol–water partition coefficient (Wildman–Crippen LogP) is 4.77. The van der Waals surface area contributed by atoms with E-state index in [0.717, 1.165) is 49.2 Å². The molecule has 0 unspecified atom stereocenters. The highest BCUT2D eigenvalue weighted by Crippen LogP contribution is 2.25. The van der Waals surface area contributed by atoms with Gasteiger partial charge in [0.25, 0.3) is 0 Å². The highest BCUT2D eigenvalue weighted by Gasteiger charge is 2.26. The fraction of sp³-hybridized carbons (Fsp3) is 0.400. The summed E-state index contributed by atoms with van der Waals surface area (Å²) in [4.78, 5) is 19.7. The quantitative estimate of drug-likeness (QED) is 0.625. The third kappa shape index (κ3) is 5.02. The van der Waals surface area contributed by atoms with Crippen molar-refractivity contribution in [3.63, 3.8) is 0 Å². The van der Waals surface area contributed by atoms with Crippen LogP contribution >= 0.6 is 0 Å². The molecule has 1 N–H and O–H groups in total. The van der Waals surface area contributed by atoms with Gasteiger partial charge in [0, 0.05) is 17.2 Å². The molecule has 1 fully saturated rings. The first-order valence-electron chi connectivity index (χ1n) is 11.0. The number of nitrogens with one attached hydrogen (secondary N) is 1. The Morgan fingerprint density at radius 2 is 1.87 bits per heavy atom. The molecule has 2 heterocycles. The van der Waals surface area contributed by atoms with Gasteiger partial charge in [-0.15, -0.1) is 0 Å². The van der Waals surface area contributed by atoms with Crippen LogP contribution in [0.1, 0.15) is 42.3 Å². The number of rotatable bonds is 6. The van der Waals surface area contributed by atoms with Gasteiger partial charge in [-0.25, -0.2) is 0 Å². The topological polar surface area (TPSA) is 71.3 Å². The van der Waals surface area contributed by atoms with Crippen molar-refractivity contribution < 1.29 is 9.32 Å². The molecule has 3 aromatic rings. The summed E-state index contributed by atoms with van der Waals surface area (Å²) in [7, 11) is 0. The fourth-order valence-electron chi connectivity index (χ4n) is 4.11. The van der Waals surface area contributed by atoms with Crippen molar-refractivity contribution >= 4 is 11.6 Å².